The van der Waals surface area contributed by atoms with E-state index in [9.17, 15) is 14.0 Å². The standard InChI is InChI=1S/C21H23FN2O3S/c1-3-23(20(26)15-8-10-16(22)11-9-15)12-13-24-19(25)14-28-21(24)17-6-4-5-7-18(17)27-2/h4-11,21H,3,12-14H2,1-2H3. The van der Waals surface area contributed by atoms with Crippen molar-refractivity contribution in [1.82, 2.24) is 9.80 Å². The van der Waals surface area contributed by atoms with Gasteiger partial charge in [0.2, 0.25) is 5.91 Å². The van der Waals surface area contributed by atoms with Gasteiger partial charge in [-0.2, -0.15) is 0 Å². The number of carbonyl (C=O) groups is 2. The molecule has 3 rings (SSSR count). The quantitative estimate of drug-likeness (QED) is 0.711. The minimum absolute atomic E-state index is 0.0474. The van der Waals surface area contributed by atoms with Crippen LogP contribution in [0, 0.1) is 5.82 Å². The Morgan fingerprint density at radius 1 is 1.25 bits per heavy atom. The summed E-state index contributed by atoms with van der Waals surface area (Å²) in [6, 6.07) is 13.2. The molecule has 1 aliphatic heterocycles. The van der Waals surface area contributed by atoms with Crippen molar-refractivity contribution in [2.24, 2.45) is 0 Å². The normalized spacial score (nSPS) is 16.3. The second-order valence-electron chi connectivity index (χ2n) is 6.38. The van der Waals surface area contributed by atoms with Gasteiger partial charge in [-0.15, -0.1) is 11.8 Å². The molecule has 1 atom stereocenters. The summed E-state index contributed by atoms with van der Waals surface area (Å²) in [4.78, 5) is 28.6. The number of hydrogen-bond acceptors (Lipinski definition) is 4. The highest BCUT2D eigenvalue weighted by molar-refractivity contribution is 8.00. The fourth-order valence-electron chi connectivity index (χ4n) is 3.23. The molecule has 28 heavy (non-hydrogen) atoms. The van der Waals surface area contributed by atoms with E-state index in [2.05, 4.69) is 0 Å². The highest BCUT2D eigenvalue weighted by atomic mass is 32.2. The first kappa shape index (κ1) is 20.2. The summed E-state index contributed by atoms with van der Waals surface area (Å²) in [5, 5.41) is -0.136. The molecule has 0 radical (unpaired) electrons. The molecule has 148 valence electrons. The summed E-state index contributed by atoms with van der Waals surface area (Å²) in [6.07, 6.45) is 0. The lowest BCUT2D eigenvalue weighted by molar-refractivity contribution is -0.128. The van der Waals surface area contributed by atoms with E-state index in [1.165, 1.54) is 24.3 Å². The minimum atomic E-state index is -0.376. The number of carbonyl (C=O) groups excluding carboxylic acids is 2. The molecule has 1 fully saturated rings. The lowest BCUT2D eigenvalue weighted by atomic mass is 10.1. The zero-order valence-corrected chi connectivity index (χ0v) is 16.7. The average molecular weight is 402 g/mol. The summed E-state index contributed by atoms with van der Waals surface area (Å²) >= 11 is 1.56. The number of para-hydroxylation sites is 1. The molecule has 5 nitrogen and oxygen atoms in total. The van der Waals surface area contributed by atoms with Gasteiger partial charge in [0.05, 0.1) is 12.9 Å². The number of benzene rings is 2. The zero-order valence-electron chi connectivity index (χ0n) is 15.9. The SMILES string of the molecule is CCN(CCN1C(=O)CSC1c1ccccc1OC)C(=O)c1ccc(F)cc1. The van der Waals surface area contributed by atoms with Crippen molar-refractivity contribution in [1.29, 1.82) is 0 Å². The summed E-state index contributed by atoms with van der Waals surface area (Å²) < 4.78 is 18.6. The molecule has 0 spiro atoms. The monoisotopic (exact) mass is 402 g/mol. The molecule has 1 saturated heterocycles. The van der Waals surface area contributed by atoms with E-state index in [0.29, 0.717) is 31.0 Å². The van der Waals surface area contributed by atoms with E-state index >= 15 is 0 Å². The molecule has 7 heteroatoms. The third-order valence-electron chi connectivity index (χ3n) is 4.74. The number of thioether (sulfide) groups is 1. The Hall–Kier alpha value is -2.54. The second kappa shape index (κ2) is 9.10. The van der Waals surface area contributed by atoms with Crippen LogP contribution in [0.2, 0.25) is 0 Å². The van der Waals surface area contributed by atoms with Gasteiger partial charge in [0.15, 0.2) is 0 Å². The first-order valence-electron chi connectivity index (χ1n) is 9.14. The molecule has 1 heterocycles. The summed E-state index contributed by atoms with van der Waals surface area (Å²) in [5.41, 5.74) is 1.39. The molecular weight excluding hydrogens is 379 g/mol. The van der Waals surface area contributed by atoms with Crippen molar-refractivity contribution >= 4 is 23.6 Å². The van der Waals surface area contributed by atoms with Gasteiger partial charge in [-0.25, -0.2) is 4.39 Å². The number of ether oxygens (including phenoxy) is 1. The molecule has 0 saturated carbocycles. The average Bonchev–Trinajstić information content (AvgIpc) is 3.09. The van der Waals surface area contributed by atoms with Crippen molar-refractivity contribution in [2.75, 3.05) is 32.5 Å². The molecule has 0 aromatic heterocycles. The van der Waals surface area contributed by atoms with Crippen molar-refractivity contribution in [2.45, 2.75) is 12.3 Å². The predicted octanol–water partition coefficient (Wildman–Crippen LogP) is 3.57. The number of methoxy groups -OCH3 is 1. The molecule has 0 N–H and O–H groups in total. The Balaban J connectivity index is 1.72. The van der Waals surface area contributed by atoms with Crippen LogP contribution < -0.4 is 4.74 Å². The molecule has 2 amide bonds. The third kappa shape index (κ3) is 4.30. The van der Waals surface area contributed by atoms with E-state index in [1.54, 1.807) is 28.7 Å². The van der Waals surface area contributed by atoms with Crippen LogP contribution in [0.25, 0.3) is 0 Å². The lowest BCUT2D eigenvalue weighted by Crippen LogP contribution is -2.40. The Labute approximate surface area is 168 Å². The number of likely N-dealkylation sites (N-methyl/N-ethyl adjacent to an activating group) is 1. The van der Waals surface area contributed by atoms with E-state index in [4.69, 9.17) is 4.74 Å². The zero-order chi connectivity index (χ0) is 20.1. The van der Waals surface area contributed by atoms with Crippen LogP contribution in [-0.2, 0) is 4.79 Å². The molecule has 1 unspecified atom stereocenters. The summed E-state index contributed by atoms with van der Waals surface area (Å²) in [7, 11) is 1.62. The molecule has 0 aliphatic carbocycles. The lowest BCUT2D eigenvalue weighted by Gasteiger charge is -2.29. The first-order valence-corrected chi connectivity index (χ1v) is 10.2. The Morgan fingerprint density at radius 2 is 1.96 bits per heavy atom. The van der Waals surface area contributed by atoms with E-state index in [0.717, 1.165) is 11.3 Å². The van der Waals surface area contributed by atoms with Crippen LogP contribution in [0.3, 0.4) is 0 Å². The smallest absolute Gasteiger partial charge is 0.253 e. The maximum absolute atomic E-state index is 13.1. The van der Waals surface area contributed by atoms with Gasteiger partial charge in [0, 0.05) is 30.8 Å². The van der Waals surface area contributed by atoms with Crippen LogP contribution >= 0.6 is 11.8 Å². The van der Waals surface area contributed by atoms with E-state index < -0.39 is 0 Å². The number of hydrogen-bond donors (Lipinski definition) is 0. The van der Waals surface area contributed by atoms with Gasteiger partial charge in [-0.05, 0) is 37.3 Å². The summed E-state index contributed by atoms with van der Waals surface area (Å²) in [5.74, 6) is 0.649. The number of rotatable bonds is 7. The van der Waals surface area contributed by atoms with E-state index in [-0.39, 0.29) is 23.0 Å². The van der Waals surface area contributed by atoms with Gasteiger partial charge in [-0.1, -0.05) is 18.2 Å². The van der Waals surface area contributed by atoms with Crippen LogP contribution in [0.1, 0.15) is 28.2 Å². The van der Waals surface area contributed by atoms with Gasteiger partial charge in [0.25, 0.3) is 5.91 Å². The van der Waals surface area contributed by atoms with Crippen LogP contribution in [-0.4, -0.2) is 54.1 Å². The van der Waals surface area contributed by atoms with Gasteiger partial charge >= 0.3 is 0 Å². The van der Waals surface area contributed by atoms with Crippen molar-refractivity contribution in [3.05, 3.63) is 65.5 Å². The third-order valence-corrected chi connectivity index (χ3v) is 5.98. The molecule has 0 bridgehead atoms. The highest BCUT2D eigenvalue weighted by Gasteiger charge is 2.34. The number of amides is 2. The van der Waals surface area contributed by atoms with Crippen LogP contribution in [0.15, 0.2) is 48.5 Å². The van der Waals surface area contributed by atoms with Crippen molar-refractivity contribution in [3.63, 3.8) is 0 Å². The Morgan fingerprint density at radius 3 is 2.64 bits per heavy atom. The second-order valence-corrected chi connectivity index (χ2v) is 7.45. The summed E-state index contributed by atoms with van der Waals surface area (Å²) in [6.45, 7) is 3.23. The van der Waals surface area contributed by atoms with Crippen LogP contribution in [0.4, 0.5) is 4.39 Å². The highest BCUT2D eigenvalue weighted by Crippen LogP contribution is 2.42. The minimum Gasteiger partial charge on any atom is -0.496 e. The molecular formula is C21H23FN2O3S. The largest absolute Gasteiger partial charge is 0.496 e. The van der Waals surface area contributed by atoms with Crippen molar-refractivity contribution < 1.29 is 18.7 Å². The maximum Gasteiger partial charge on any atom is 0.253 e. The van der Waals surface area contributed by atoms with E-state index in [1.807, 2.05) is 31.2 Å². The van der Waals surface area contributed by atoms with Gasteiger partial charge < -0.3 is 14.5 Å². The molecule has 1 aliphatic rings. The number of halogens is 1. The first-order chi connectivity index (χ1) is 13.5. The Kier molecular flexibility index (Phi) is 6.57. The molecule has 2 aromatic carbocycles. The molecule has 2 aromatic rings. The fourth-order valence-corrected chi connectivity index (χ4v) is 4.47. The fraction of sp³-hybridized carbons (Fsp3) is 0.333. The predicted molar refractivity (Wildman–Crippen MR) is 108 cm³/mol. The van der Waals surface area contributed by atoms with Gasteiger partial charge in [-0.3, -0.25) is 9.59 Å². The van der Waals surface area contributed by atoms with Gasteiger partial charge in [0.1, 0.15) is 16.9 Å². The maximum atomic E-state index is 13.1. The van der Waals surface area contributed by atoms with Crippen molar-refractivity contribution in [3.8, 4) is 5.75 Å². The Bertz CT molecular complexity index is 844. The topological polar surface area (TPSA) is 49.9 Å². The van der Waals surface area contributed by atoms with Crippen LogP contribution in [0.5, 0.6) is 5.75 Å². The number of nitrogens with zero attached hydrogens (tertiary/aromatic N) is 2.